The molecule has 0 bridgehead atoms. The predicted octanol–water partition coefficient (Wildman–Crippen LogP) is 5.72. The van der Waals surface area contributed by atoms with Gasteiger partial charge in [-0.25, -0.2) is 8.78 Å². The molecule has 0 spiro atoms. The van der Waals surface area contributed by atoms with Gasteiger partial charge >= 0.3 is 0 Å². The minimum absolute atomic E-state index is 0.210. The van der Waals surface area contributed by atoms with Gasteiger partial charge in [0.05, 0.1) is 12.2 Å². The molecule has 1 N–H and O–H groups in total. The highest BCUT2D eigenvalue weighted by atomic mass is 32.1. The summed E-state index contributed by atoms with van der Waals surface area (Å²) in [7, 11) is 1.59. The van der Waals surface area contributed by atoms with Crippen molar-refractivity contribution in [3.8, 4) is 5.75 Å². The van der Waals surface area contributed by atoms with Crippen LogP contribution in [-0.2, 0) is 7.05 Å². The quantitative estimate of drug-likeness (QED) is 0.512. The number of hydrogen-bond acceptors (Lipinski definition) is 3. The molecule has 0 saturated heterocycles. The van der Waals surface area contributed by atoms with Crippen LogP contribution in [0.25, 0.3) is 10.8 Å². The average Bonchev–Trinajstić information content (AvgIpc) is 3.04. The number of fused-ring (bicyclic) bond motifs is 1. The van der Waals surface area contributed by atoms with Crippen LogP contribution in [0.15, 0.2) is 42.6 Å². The number of ether oxygens (including phenoxy) is 1. The summed E-state index contributed by atoms with van der Waals surface area (Å²) in [6.07, 6.45) is -0.216. The molecule has 0 atom stereocenters. The van der Waals surface area contributed by atoms with Gasteiger partial charge in [0.25, 0.3) is 6.43 Å². The van der Waals surface area contributed by atoms with Gasteiger partial charge in [0.15, 0.2) is 0 Å². The van der Waals surface area contributed by atoms with E-state index < -0.39 is 6.43 Å². The van der Waals surface area contributed by atoms with Crippen molar-refractivity contribution in [2.45, 2.75) is 26.7 Å². The Labute approximate surface area is 168 Å². The van der Waals surface area contributed by atoms with E-state index in [1.807, 2.05) is 36.4 Å². The van der Waals surface area contributed by atoms with Crippen LogP contribution < -0.4 is 10.1 Å². The molecule has 1 aromatic heterocycles. The van der Waals surface area contributed by atoms with Crippen molar-refractivity contribution in [1.82, 2.24) is 9.78 Å². The van der Waals surface area contributed by atoms with E-state index in [0.29, 0.717) is 12.5 Å². The molecule has 0 fully saturated rings. The van der Waals surface area contributed by atoms with Gasteiger partial charge in [0, 0.05) is 24.3 Å². The number of halogens is 2. The molecule has 0 saturated carbocycles. The van der Waals surface area contributed by atoms with Crippen LogP contribution in [-0.4, -0.2) is 21.4 Å². The van der Waals surface area contributed by atoms with Gasteiger partial charge in [0.2, 0.25) is 0 Å². The summed E-state index contributed by atoms with van der Waals surface area (Å²) >= 11 is 5.39. The van der Waals surface area contributed by atoms with E-state index in [-0.39, 0.29) is 16.2 Å². The smallest absolute Gasteiger partial charge is 0.282 e. The fourth-order valence-electron chi connectivity index (χ4n) is 2.89. The Bertz CT molecular complexity index is 985. The summed E-state index contributed by atoms with van der Waals surface area (Å²) in [5.74, 6) is 1.33. The largest absolute Gasteiger partial charge is 0.494 e. The highest BCUT2D eigenvalue weighted by Gasteiger charge is 2.20. The van der Waals surface area contributed by atoms with Gasteiger partial charge in [-0.3, -0.25) is 4.68 Å². The number of benzene rings is 2. The van der Waals surface area contributed by atoms with Gasteiger partial charge in [-0.2, -0.15) is 5.10 Å². The van der Waals surface area contributed by atoms with Crippen molar-refractivity contribution >= 4 is 33.7 Å². The molecule has 28 heavy (non-hydrogen) atoms. The summed E-state index contributed by atoms with van der Waals surface area (Å²) in [6, 6.07) is 11.6. The van der Waals surface area contributed by atoms with Gasteiger partial charge in [-0.15, -0.1) is 0 Å². The average molecular weight is 403 g/mol. The van der Waals surface area contributed by atoms with E-state index in [2.05, 4.69) is 24.3 Å². The molecule has 2 aromatic carbocycles. The van der Waals surface area contributed by atoms with E-state index in [9.17, 15) is 8.78 Å². The maximum absolute atomic E-state index is 13.2. The molecule has 4 nitrogen and oxygen atoms in total. The Morgan fingerprint density at radius 1 is 1.25 bits per heavy atom. The summed E-state index contributed by atoms with van der Waals surface area (Å²) < 4.78 is 33.7. The molecule has 0 amide bonds. The zero-order valence-corrected chi connectivity index (χ0v) is 16.9. The van der Waals surface area contributed by atoms with Crippen LogP contribution in [0.2, 0.25) is 0 Å². The van der Waals surface area contributed by atoms with Crippen LogP contribution in [0.5, 0.6) is 5.75 Å². The Morgan fingerprint density at radius 3 is 2.75 bits per heavy atom. The third-order valence-electron chi connectivity index (χ3n) is 4.37. The fourth-order valence-corrected chi connectivity index (χ4v) is 3.16. The van der Waals surface area contributed by atoms with Crippen LogP contribution in [0.3, 0.4) is 0 Å². The maximum atomic E-state index is 13.2. The molecular formula is C21H23F2N3OS. The third kappa shape index (κ3) is 4.65. The summed E-state index contributed by atoms with van der Waals surface area (Å²) in [5.41, 5.74) is 0.646. The Morgan fingerprint density at radius 2 is 2.04 bits per heavy atom. The predicted molar refractivity (Wildman–Crippen MR) is 112 cm³/mol. The van der Waals surface area contributed by atoms with Gasteiger partial charge in [-0.05, 0) is 35.9 Å². The maximum Gasteiger partial charge on any atom is 0.282 e. The lowest BCUT2D eigenvalue weighted by Gasteiger charge is -2.13. The van der Waals surface area contributed by atoms with Crippen molar-refractivity contribution < 1.29 is 13.5 Å². The molecular weight excluding hydrogens is 380 g/mol. The number of nitrogens with zero attached hydrogens (tertiary/aromatic N) is 2. The lowest BCUT2D eigenvalue weighted by molar-refractivity contribution is 0.145. The molecule has 1 heterocycles. The second kappa shape index (κ2) is 8.65. The number of thiocarbonyl (C=S) groups is 1. The minimum atomic E-state index is -2.69. The highest BCUT2D eigenvalue weighted by molar-refractivity contribution is 7.81. The first-order chi connectivity index (χ1) is 13.3. The SMILES string of the molecule is CC(C)CCOc1ccc2cccc(NC(=S)c3cn(C)nc3C(F)F)c2c1. The zero-order valence-electron chi connectivity index (χ0n) is 16.1. The standard InChI is InChI=1S/C21H23F2N3OS/c1-13(2)9-10-27-15-8-7-14-5-4-6-18(16(14)11-15)24-21(28)17-12-26(3)25-19(17)20(22)23/h4-8,11-13,20H,9-10H2,1-3H3,(H,24,28). The zero-order chi connectivity index (χ0) is 20.3. The number of hydrogen-bond donors (Lipinski definition) is 1. The summed E-state index contributed by atoms with van der Waals surface area (Å²) in [4.78, 5) is 0.210. The van der Waals surface area contributed by atoms with Gasteiger partial charge in [-0.1, -0.05) is 44.3 Å². The molecule has 0 unspecified atom stereocenters. The minimum Gasteiger partial charge on any atom is -0.494 e. The monoisotopic (exact) mass is 403 g/mol. The van der Waals surface area contributed by atoms with Gasteiger partial charge < -0.3 is 10.1 Å². The third-order valence-corrected chi connectivity index (χ3v) is 4.70. The van der Waals surface area contributed by atoms with Crippen LogP contribution >= 0.6 is 12.2 Å². The van der Waals surface area contributed by atoms with E-state index in [1.165, 1.54) is 10.9 Å². The topological polar surface area (TPSA) is 39.1 Å². The molecule has 0 aliphatic rings. The van der Waals surface area contributed by atoms with Crippen LogP contribution in [0, 0.1) is 5.92 Å². The van der Waals surface area contributed by atoms with Crippen molar-refractivity contribution in [1.29, 1.82) is 0 Å². The first-order valence-electron chi connectivity index (χ1n) is 9.13. The summed E-state index contributed by atoms with van der Waals surface area (Å²) in [6.45, 7) is 4.95. The molecule has 148 valence electrons. The second-order valence-electron chi connectivity index (χ2n) is 7.08. The van der Waals surface area contributed by atoms with Crippen molar-refractivity contribution in [3.63, 3.8) is 0 Å². The van der Waals surface area contributed by atoms with Crippen LogP contribution in [0.4, 0.5) is 14.5 Å². The van der Waals surface area contributed by atoms with E-state index in [4.69, 9.17) is 17.0 Å². The van der Waals surface area contributed by atoms with E-state index in [1.54, 1.807) is 7.05 Å². The Hall–Kier alpha value is -2.54. The van der Waals surface area contributed by atoms with Crippen molar-refractivity contribution in [2.24, 2.45) is 13.0 Å². The second-order valence-corrected chi connectivity index (χ2v) is 7.48. The van der Waals surface area contributed by atoms with Gasteiger partial charge in [0.1, 0.15) is 16.4 Å². The number of rotatable bonds is 7. The molecule has 3 aromatic rings. The Kier molecular flexibility index (Phi) is 6.24. The summed E-state index contributed by atoms with van der Waals surface area (Å²) in [5, 5.41) is 8.83. The van der Waals surface area contributed by atoms with Crippen molar-refractivity contribution in [2.75, 3.05) is 11.9 Å². The molecule has 7 heteroatoms. The van der Waals surface area contributed by atoms with E-state index >= 15 is 0 Å². The van der Waals surface area contributed by atoms with Crippen molar-refractivity contribution in [3.05, 3.63) is 53.9 Å². The first-order valence-corrected chi connectivity index (χ1v) is 9.54. The molecule has 0 radical (unpaired) electrons. The molecule has 3 rings (SSSR count). The fraction of sp³-hybridized carbons (Fsp3) is 0.333. The Balaban J connectivity index is 1.87. The first kappa shape index (κ1) is 20.2. The number of aromatic nitrogens is 2. The number of anilines is 1. The number of aryl methyl sites for hydroxylation is 1. The lowest BCUT2D eigenvalue weighted by atomic mass is 10.1. The number of nitrogens with one attached hydrogen (secondary N) is 1. The number of alkyl halides is 2. The molecule has 0 aliphatic heterocycles. The molecule has 0 aliphatic carbocycles. The lowest BCUT2D eigenvalue weighted by Crippen LogP contribution is -2.12. The van der Waals surface area contributed by atoms with Crippen LogP contribution in [0.1, 0.15) is 38.0 Å². The van der Waals surface area contributed by atoms with E-state index in [0.717, 1.165) is 28.6 Å². The normalized spacial score (nSPS) is 11.4. The highest BCUT2D eigenvalue weighted by Crippen LogP contribution is 2.29.